The van der Waals surface area contributed by atoms with Crippen molar-refractivity contribution in [3.05, 3.63) is 28.0 Å². The van der Waals surface area contributed by atoms with Gasteiger partial charge in [-0.3, -0.25) is 0 Å². The van der Waals surface area contributed by atoms with E-state index in [9.17, 15) is 4.39 Å². The van der Waals surface area contributed by atoms with Gasteiger partial charge in [-0.25, -0.2) is 4.39 Å². The molecule has 1 N–H and O–H groups in total. The lowest BCUT2D eigenvalue weighted by Crippen LogP contribution is -2.37. The molecule has 0 radical (unpaired) electrons. The fraction of sp³-hybridized carbons (Fsp3) is 0.462. The minimum atomic E-state index is -0.345. The van der Waals surface area contributed by atoms with Crippen molar-refractivity contribution < 1.29 is 4.39 Å². The molecule has 96 valence electrons. The lowest BCUT2D eigenvalue weighted by molar-refractivity contribution is 0.586. The van der Waals surface area contributed by atoms with E-state index in [1.807, 2.05) is 13.0 Å². The number of nitrogens with zero attached hydrogens (tertiary/aromatic N) is 2. The van der Waals surface area contributed by atoms with Gasteiger partial charge in [-0.1, -0.05) is 0 Å². The number of hydrogen-bond acceptors (Lipinski definition) is 3. The van der Waals surface area contributed by atoms with Gasteiger partial charge in [0.25, 0.3) is 0 Å². The van der Waals surface area contributed by atoms with E-state index < -0.39 is 0 Å². The van der Waals surface area contributed by atoms with Crippen LogP contribution < -0.4 is 10.2 Å². The molecule has 0 aliphatic carbocycles. The number of rotatable bonds is 3. The SMILES string of the molecule is CCN(c1ccc(C#N)c(Br)c1F)C1CCNC1. The van der Waals surface area contributed by atoms with Gasteiger partial charge in [0.05, 0.1) is 15.7 Å². The zero-order valence-electron chi connectivity index (χ0n) is 10.2. The zero-order valence-corrected chi connectivity index (χ0v) is 11.8. The van der Waals surface area contributed by atoms with E-state index in [1.165, 1.54) is 0 Å². The largest absolute Gasteiger partial charge is 0.365 e. The highest BCUT2D eigenvalue weighted by Crippen LogP contribution is 2.31. The maximum absolute atomic E-state index is 14.3. The van der Waals surface area contributed by atoms with Gasteiger partial charge < -0.3 is 10.2 Å². The molecule has 0 bridgehead atoms. The molecule has 0 aromatic heterocycles. The Morgan fingerprint density at radius 3 is 2.94 bits per heavy atom. The van der Waals surface area contributed by atoms with Gasteiger partial charge in [0.2, 0.25) is 0 Å². The summed E-state index contributed by atoms with van der Waals surface area (Å²) in [6, 6.07) is 5.65. The highest BCUT2D eigenvalue weighted by molar-refractivity contribution is 9.10. The van der Waals surface area contributed by atoms with E-state index in [0.29, 0.717) is 17.3 Å². The van der Waals surface area contributed by atoms with E-state index in [-0.39, 0.29) is 10.3 Å². The van der Waals surface area contributed by atoms with Gasteiger partial charge in [0, 0.05) is 19.1 Å². The standard InChI is InChI=1S/C13H15BrFN3/c1-2-18(10-5-6-17-8-10)11-4-3-9(7-16)12(14)13(11)15/h3-4,10,17H,2,5-6,8H2,1H3. The third-order valence-corrected chi connectivity index (χ3v) is 4.08. The Balaban J connectivity index is 2.37. The second-order valence-corrected chi connectivity index (χ2v) is 5.10. The first-order valence-electron chi connectivity index (χ1n) is 6.04. The number of halogens is 2. The number of nitrogens with one attached hydrogen (secondary N) is 1. The fourth-order valence-corrected chi connectivity index (χ4v) is 2.80. The van der Waals surface area contributed by atoms with Gasteiger partial charge in [-0.05, 0) is 48.0 Å². The summed E-state index contributed by atoms with van der Waals surface area (Å²) < 4.78 is 14.5. The molecule has 0 spiro atoms. The number of benzene rings is 1. The van der Waals surface area contributed by atoms with E-state index in [1.54, 1.807) is 12.1 Å². The summed E-state index contributed by atoms with van der Waals surface area (Å²) in [5.41, 5.74) is 0.897. The Morgan fingerprint density at radius 1 is 1.61 bits per heavy atom. The van der Waals surface area contributed by atoms with Crippen LogP contribution in [0.4, 0.5) is 10.1 Å². The predicted octanol–water partition coefficient (Wildman–Crippen LogP) is 2.65. The van der Waals surface area contributed by atoms with Crippen molar-refractivity contribution in [2.24, 2.45) is 0 Å². The molecular formula is C13H15BrFN3. The maximum Gasteiger partial charge on any atom is 0.161 e. The first-order chi connectivity index (χ1) is 8.69. The molecule has 1 unspecified atom stereocenters. The average molecular weight is 312 g/mol. The number of likely N-dealkylation sites (N-methyl/N-ethyl adjacent to an activating group) is 1. The molecule has 1 aromatic carbocycles. The van der Waals surface area contributed by atoms with Gasteiger partial charge in [-0.15, -0.1) is 0 Å². The lowest BCUT2D eigenvalue weighted by atomic mass is 10.1. The van der Waals surface area contributed by atoms with Crippen LogP contribution in [0, 0.1) is 17.1 Å². The molecule has 0 amide bonds. The van der Waals surface area contributed by atoms with Gasteiger partial charge in [-0.2, -0.15) is 5.26 Å². The first-order valence-corrected chi connectivity index (χ1v) is 6.83. The lowest BCUT2D eigenvalue weighted by Gasteiger charge is -2.30. The van der Waals surface area contributed by atoms with Crippen LogP contribution in [0.15, 0.2) is 16.6 Å². The summed E-state index contributed by atoms with van der Waals surface area (Å²) in [5, 5.41) is 12.2. The fourth-order valence-electron chi connectivity index (χ4n) is 2.38. The molecule has 1 aliphatic heterocycles. The van der Waals surface area contributed by atoms with Crippen LogP contribution >= 0.6 is 15.9 Å². The molecule has 1 atom stereocenters. The second-order valence-electron chi connectivity index (χ2n) is 4.30. The third-order valence-electron chi connectivity index (χ3n) is 3.31. The average Bonchev–Trinajstić information content (AvgIpc) is 2.89. The van der Waals surface area contributed by atoms with Gasteiger partial charge in [0.1, 0.15) is 6.07 Å². The van der Waals surface area contributed by atoms with Crippen molar-refractivity contribution in [1.29, 1.82) is 5.26 Å². The summed E-state index contributed by atoms with van der Waals surface area (Å²) in [5.74, 6) is -0.345. The van der Waals surface area contributed by atoms with Crippen molar-refractivity contribution in [3.8, 4) is 6.07 Å². The van der Waals surface area contributed by atoms with Crippen molar-refractivity contribution in [2.45, 2.75) is 19.4 Å². The van der Waals surface area contributed by atoms with Crippen LogP contribution in [0.2, 0.25) is 0 Å². The Bertz CT molecular complexity index is 478. The molecule has 1 fully saturated rings. The number of hydrogen-bond donors (Lipinski definition) is 1. The van der Waals surface area contributed by atoms with Crippen LogP contribution in [0.1, 0.15) is 18.9 Å². The smallest absolute Gasteiger partial charge is 0.161 e. The summed E-state index contributed by atoms with van der Waals surface area (Å²) in [4.78, 5) is 2.06. The molecule has 1 aliphatic rings. The predicted molar refractivity (Wildman–Crippen MR) is 73.1 cm³/mol. The summed E-state index contributed by atoms with van der Waals surface area (Å²) in [6.07, 6.45) is 1.02. The Hall–Kier alpha value is -1.12. The molecule has 1 heterocycles. The van der Waals surface area contributed by atoms with E-state index >= 15 is 0 Å². The van der Waals surface area contributed by atoms with Crippen molar-refractivity contribution >= 4 is 21.6 Å². The Labute approximate surface area is 115 Å². The van der Waals surface area contributed by atoms with Crippen LogP contribution in [0.25, 0.3) is 0 Å². The monoisotopic (exact) mass is 311 g/mol. The highest BCUT2D eigenvalue weighted by atomic mass is 79.9. The quantitative estimate of drug-likeness (QED) is 0.932. The van der Waals surface area contributed by atoms with Crippen molar-refractivity contribution in [2.75, 3.05) is 24.5 Å². The van der Waals surface area contributed by atoms with Gasteiger partial charge >= 0.3 is 0 Å². The molecule has 0 saturated carbocycles. The zero-order chi connectivity index (χ0) is 13.1. The number of anilines is 1. The van der Waals surface area contributed by atoms with E-state index in [4.69, 9.17) is 5.26 Å². The first kappa shape index (κ1) is 13.3. The minimum absolute atomic E-state index is 0.256. The molecular weight excluding hydrogens is 297 g/mol. The van der Waals surface area contributed by atoms with Crippen LogP contribution in [0.3, 0.4) is 0 Å². The molecule has 5 heteroatoms. The Kier molecular flexibility index (Phi) is 4.20. The molecule has 1 aromatic rings. The van der Waals surface area contributed by atoms with E-state index in [0.717, 1.165) is 26.1 Å². The van der Waals surface area contributed by atoms with Crippen molar-refractivity contribution in [1.82, 2.24) is 5.32 Å². The molecule has 18 heavy (non-hydrogen) atoms. The van der Waals surface area contributed by atoms with Crippen LogP contribution in [-0.2, 0) is 0 Å². The summed E-state index contributed by atoms with van der Waals surface area (Å²) in [6.45, 7) is 4.62. The summed E-state index contributed by atoms with van der Waals surface area (Å²) >= 11 is 3.16. The minimum Gasteiger partial charge on any atom is -0.365 e. The van der Waals surface area contributed by atoms with E-state index in [2.05, 4.69) is 26.1 Å². The molecule has 3 nitrogen and oxygen atoms in total. The maximum atomic E-state index is 14.3. The molecule has 1 saturated heterocycles. The normalized spacial score (nSPS) is 18.7. The topological polar surface area (TPSA) is 39.1 Å². The number of nitriles is 1. The Morgan fingerprint density at radius 2 is 2.39 bits per heavy atom. The highest BCUT2D eigenvalue weighted by Gasteiger charge is 2.24. The van der Waals surface area contributed by atoms with Crippen LogP contribution in [0.5, 0.6) is 0 Å². The van der Waals surface area contributed by atoms with Gasteiger partial charge in [0.15, 0.2) is 5.82 Å². The third kappa shape index (κ3) is 2.36. The van der Waals surface area contributed by atoms with Crippen LogP contribution in [-0.4, -0.2) is 25.7 Å². The second kappa shape index (κ2) is 5.68. The molecule has 2 rings (SSSR count). The summed E-state index contributed by atoms with van der Waals surface area (Å²) in [7, 11) is 0. The van der Waals surface area contributed by atoms with Crippen molar-refractivity contribution in [3.63, 3.8) is 0 Å².